The summed E-state index contributed by atoms with van der Waals surface area (Å²) in [5.74, 6) is -0.757. The van der Waals surface area contributed by atoms with Crippen molar-refractivity contribution in [3.05, 3.63) is 69.8 Å². The van der Waals surface area contributed by atoms with Crippen LogP contribution >= 0.6 is 10.8 Å². The van der Waals surface area contributed by atoms with Crippen molar-refractivity contribution in [1.29, 1.82) is 0 Å². The summed E-state index contributed by atoms with van der Waals surface area (Å²) in [6.45, 7) is 6.82. The zero-order chi connectivity index (χ0) is 31.2. The summed E-state index contributed by atoms with van der Waals surface area (Å²) in [5, 5.41) is 18.5. The van der Waals surface area contributed by atoms with E-state index >= 15 is 0 Å². The molecule has 6 rings (SSSR count). The molecule has 0 fully saturated rings. The quantitative estimate of drug-likeness (QED) is 0.208. The Morgan fingerprint density at radius 2 is 2.00 bits per heavy atom. The lowest BCUT2D eigenvalue weighted by Crippen LogP contribution is -2.34. The lowest BCUT2D eigenvalue weighted by atomic mass is 9.83. The molecule has 3 N–H and O–H groups in total. The van der Waals surface area contributed by atoms with Crippen LogP contribution in [0.15, 0.2) is 41.3 Å². The number of ether oxygens (including phenoxy) is 2. The summed E-state index contributed by atoms with van der Waals surface area (Å²) >= 11 is 0. The van der Waals surface area contributed by atoms with Crippen molar-refractivity contribution < 1.29 is 28.5 Å². The number of pyridine rings is 1. The van der Waals surface area contributed by atoms with Gasteiger partial charge >= 0.3 is 5.97 Å². The predicted octanol–water partition coefficient (Wildman–Crippen LogP) is 5.86. The van der Waals surface area contributed by atoms with E-state index in [9.17, 15) is 19.0 Å². The molecule has 12 heteroatoms. The summed E-state index contributed by atoms with van der Waals surface area (Å²) in [6.07, 6.45) is 3.01. The molecule has 44 heavy (non-hydrogen) atoms. The van der Waals surface area contributed by atoms with E-state index < -0.39 is 22.7 Å². The molecule has 1 aliphatic heterocycles. The Kier molecular flexibility index (Phi) is 8.27. The first-order valence-corrected chi connectivity index (χ1v) is 16.6. The van der Waals surface area contributed by atoms with Crippen molar-refractivity contribution in [2.45, 2.75) is 76.3 Å². The molecule has 11 nitrogen and oxygen atoms in total. The number of hydrogen-bond donors (Lipinski definition) is 3. The van der Waals surface area contributed by atoms with E-state index in [-0.39, 0.29) is 29.8 Å². The van der Waals surface area contributed by atoms with E-state index in [0.717, 1.165) is 52.5 Å². The first-order chi connectivity index (χ1) is 21.1. The van der Waals surface area contributed by atoms with Gasteiger partial charge in [0.1, 0.15) is 16.5 Å². The third-order valence-electron chi connectivity index (χ3n) is 8.80. The van der Waals surface area contributed by atoms with E-state index in [4.69, 9.17) is 9.47 Å². The largest absolute Gasteiger partial charge is 0.481 e. The topological polar surface area (TPSA) is 143 Å². The van der Waals surface area contributed by atoms with Crippen LogP contribution in [0, 0.1) is 6.92 Å². The number of carbonyl (C=O) groups is 1. The smallest absolute Gasteiger partial charge is 0.304 e. The number of nitrogens with zero attached hydrogens (tertiary/aromatic N) is 5. The average molecular weight is 622 g/mol. The van der Waals surface area contributed by atoms with Crippen LogP contribution in [0.25, 0.3) is 11.0 Å². The van der Waals surface area contributed by atoms with Crippen molar-refractivity contribution in [1.82, 2.24) is 24.3 Å². The lowest BCUT2D eigenvalue weighted by molar-refractivity contribution is -0.137. The van der Waals surface area contributed by atoms with E-state index in [0.29, 0.717) is 25.5 Å². The highest BCUT2D eigenvalue weighted by atomic mass is 32.3. The lowest BCUT2D eigenvalue weighted by Gasteiger charge is -2.42. The Bertz CT molecular complexity index is 1720. The highest BCUT2D eigenvalue weighted by Gasteiger charge is 2.37. The SMILES string of the molecule is CCOc1ccc2c(n1)O[C@H](CC)CN(Cc1cc(C(CC(=O)O)c3ccc4c(nnn4C)c3C)cc3c1CCC3)S2(O)O. The van der Waals surface area contributed by atoms with Gasteiger partial charge in [-0.2, -0.15) is 9.29 Å². The standard InChI is InChI=1S/C32H39N5O6S/c1-5-23-18-37(44(40,41)28-12-13-29(42-6-2)33-32(28)43-23)17-22-15-21(14-20-8-7-9-25(20)22)26(16-30(38)39)24-10-11-27-31(19(24)3)34-35-36(27)4/h10-15,23,26,40-41H,5-9,16-18H2,1-4H3,(H,38,39)/t23-,26?/m1/s1. The van der Waals surface area contributed by atoms with Gasteiger partial charge < -0.3 is 14.6 Å². The Labute approximate surface area is 258 Å². The van der Waals surface area contributed by atoms with Gasteiger partial charge in [-0.3, -0.25) is 13.9 Å². The minimum Gasteiger partial charge on any atom is -0.481 e. The Balaban J connectivity index is 1.42. The predicted molar refractivity (Wildman–Crippen MR) is 167 cm³/mol. The van der Waals surface area contributed by atoms with Gasteiger partial charge in [-0.05, 0) is 85.0 Å². The highest BCUT2D eigenvalue weighted by Crippen LogP contribution is 2.57. The fraction of sp³-hybridized carbons (Fsp3) is 0.438. The fourth-order valence-electron chi connectivity index (χ4n) is 6.53. The molecule has 1 unspecified atom stereocenters. The van der Waals surface area contributed by atoms with Gasteiger partial charge in [-0.25, -0.2) is 4.68 Å². The number of benzene rings is 2. The summed E-state index contributed by atoms with van der Waals surface area (Å²) in [5.41, 5.74) is 7.69. The van der Waals surface area contributed by atoms with E-state index in [1.54, 1.807) is 21.1 Å². The normalized spacial score (nSPS) is 19.1. The zero-order valence-electron chi connectivity index (χ0n) is 25.5. The van der Waals surface area contributed by atoms with Gasteiger partial charge in [0.15, 0.2) is 0 Å². The fourth-order valence-corrected chi connectivity index (χ4v) is 8.08. The van der Waals surface area contributed by atoms with Crippen LogP contribution in [-0.2, 0) is 31.2 Å². The number of carboxylic acid groups (broad SMARTS) is 1. The minimum absolute atomic E-state index is 0.0866. The molecule has 2 aromatic heterocycles. The molecule has 0 amide bonds. The molecule has 0 saturated carbocycles. The third-order valence-corrected chi connectivity index (χ3v) is 10.7. The second-order valence-corrected chi connectivity index (χ2v) is 13.6. The molecule has 2 atom stereocenters. The molecule has 234 valence electrons. The Morgan fingerprint density at radius 1 is 1.18 bits per heavy atom. The van der Waals surface area contributed by atoms with Crippen LogP contribution < -0.4 is 9.47 Å². The molecule has 3 heterocycles. The monoisotopic (exact) mass is 621 g/mol. The Hall–Kier alpha value is -3.71. The number of hydrogen-bond acceptors (Lipinski definition) is 9. The molecule has 2 aliphatic rings. The molecule has 0 saturated heterocycles. The van der Waals surface area contributed by atoms with Crippen LogP contribution in [0.2, 0.25) is 0 Å². The number of aliphatic carboxylic acids is 1. The maximum absolute atomic E-state index is 12.2. The molecule has 0 spiro atoms. The second-order valence-electron chi connectivity index (χ2n) is 11.6. The van der Waals surface area contributed by atoms with Gasteiger partial charge in [0.25, 0.3) is 0 Å². The highest BCUT2D eigenvalue weighted by molar-refractivity contribution is 8.22. The first kappa shape index (κ1) is 30.3. The summed E-state index contributed by atoms with van der Waals surface area (Å²) in [6, 6.07) is 11.4. The maximum atomic E-state index is 12.2. The van der Waals surface area contributed by atoms with Crippen molar-refractivity contribution in [3.8, 4) is 11.8 Å². The third kappa shape index (κ3) is 5.51. The van der Waals surface area contributed by atoms with E-state index in [1.165, 1.54) is 11.1 Å². The maximum Gasteiger partial charge on any atom is 0.304 e. The molecular formula is C32H39N5O6S. The number of rotatable bonds is 9. The van der Waals surface area contributed by atoms with Gasteiger partial charge in [0.05, 0.1) is 25.1 Å². The number of aromatic nitrogens is 4. The van der Waals surface area contributed by atoms with Gasteiger partial charge in [0.2, 0.25) is 11.8 Å². The van der Waals surface area contributed by atoms with Crippen molar-refractivity contribution in [2.75, 3.05) is 13.2 Å². The van der Waals surface area contributed by atoms with Crippen LogP contribution in [0.4, 0.5) is 0 Å². The summed E-state index contributed by atoms with van der Waals surface area (Å²) in [4.78, 5) is 16.9. The number of fused-ring (bicyclic) bond motifs is 3. The molecule has 0 radical (unpaired) electrons. The van der Waals surface area contributed by atoms with Crippen LogP contribution in [0.5, 0.6) is 11.8 Å². The molecule has 2 aromatic carbocycles. The van der Waals surface area contributed by atoms with Crippen molar-refractivity contribution >= 4 is 27.8 Å². The van der Waals surface area contributed by atoms with Gasteiger partial charge in [-0.1, -0.05) is 30.3 Å². The number of aryl methyl sites for hydroxylation is 3. The first-order valence-electron chi connectivity index (χ1n) is 15.1. The van der Waals surface area contributed by atoms with E-state index in [2.05, 4.69) is 27.4 Å². The Morgan fingerprint density at radius 3 is 2.75 bits per heavy atom. The summed E-state index contributed by atoms with van der Waals surface area (Å²) < 4.78 is 38.6. The van der Waals surface area contributed by atoms with Crippen LogP contribution in [0.3, 0.4) is 0 Å². The van der Waals surface area contributed by atoms with Crippen LogP contribution in [-0.4, -0.2) is 63.7 Å². The molecular weight excluding hydrogens is 582 g/mol. The molecule has 4 aromatic rings. The number of carboxylic acids is 1. The molecule has 0 bridgehead atoms. The van der Waals surface area contributed by atoms with Crippen molar-refractivity contribution in [3.63, 3.8) is 0 Å². The minimum atomic E-state index is -3.46. The second kappa shape index (κ2) is 12.0. The van der Waals surface area contributed by atoms with Gasteiger partial charge in [-0.15, -0.1) is 15.9 Å². The zero-order valence-corrected chi connectivity index (χ0v) is 26.3. The molecule has 1 aliphatic carbocycles. The van der Waals surface area contributed by atoms with Crippen molar-refractivity contribution in [2.24, 2.45) is 7.05 Å². The average Bonchev–Trinajstić information content (AvgIpc) is 3.60. The van der Waals surface area contributed by atoms with Crippen LogP contribution in [0.1, 0.15) is 72.4 Å². The van der Waals surface area contributed by atoms with E-state index in [1.807, 2.05) is 40.0 Å². The summed E-state index contributed by atoms with van der Waals surface area (Å²) in [7, 11) is -1.63. The van der Waals surface area contributed by atoms with Gasteiger partial charge in [0, 0.05) is 25.6 Å².